The lowest BCUT2D eigenvalue weighted by Gasteiger charge is -2.23. The molecule has 0 aliphatic rings. The van der Waals surface area contributed by atoms with Gasteiger partial charge in [-0.3, -0.25) is 0 Å². The summed E-state index contributed by atoms with van der Waals surface area (Å²) in [5.74, 6) is 0. The normalized spacial score (nSPS) is 10.6. The van der Waals surface area contributed by atoms with Gasteiger partial charge in [0, 0.05) is 34.8 Å². The Kier molecular flexibility index (Phi) is 5.64. The Labute approximate surface area is 137 Å². The number of hydrogen-bond acceptors (Lipinski definition) is 2. The smallest absolute Gasteiger partial charge is 0.0437 e. The number of benzene rings is 2. The van der Waals surface area contributed by atoms with Gasteiger partial charge in [0.1, 0.15) is 0 Å². The van der Waals surface area contributed by atoms with E-state index in [0.717, 1.165) is 22.0 Å². The summed E-state index contributed by atoms with van der Waals surface area (Å²) in [5.41, 5.74) is 3.82. The molecule has 0 radical (unpaired) electrons. The van der Waals surface area contributed by atoms with Gasteiger partial charge in [-0.25, -0.2) is 0 Å². The molecule has 0 atom stereocenters. The van der Waals surface area contributed by atoms with Gasteiger partial charge in [0.05, 0.1) is 0 Å². The van der Waals surface area contributed by atoms with Gasteiger partial charge in [0.2, 0.25) is 0 Å². The molecular weight excluding hydrogens is 380 g/mol. The molecule has 2 aromatic rings. The van der Waals surface area contributed by atoms with Crippen molar-refractivity contribution in [2.24, 2.45) is 0 Å². The van der Waals surface area contributed by atoms with Gasteiger partial charge in [-0.1, -0.05) is 50.1 Å². The van der Waals surface area contributed by atoms with Crippen LogP contribution < -0.4 is 10.2 Å². The molecule has 0 aliphatic heterocycles. The molecule has 4 heteroatoms. The zero-order valence-corrected chi connectivity index (χ0v) is 14.8. The maximum absolute atomic E-state index is 3.61. The van der Waals surface area contributed by atoms with Gasteiger partial charge in [-0.15, -0.1) is 0 Å². The van der Waals surface area contributed by atoms with E-state index < -0.39 is 0 Å². The number of halogens is 2. The SMILES string of the molecule is CNCc1cc(Br)ccc1N(C)Cc1ccccc1Br. The second-order valence-corrected chi connectivity index (χ2v) is 6.52. The van der Waals surface area contributed by atoms with Crippen molar-refractivity contribution in [3.63, 3.8) is 0 Å². The Bertz CT molecular complexity index is 584. The lowest BCUT2D eigenvalue weighted by molar-refractivity contribution is 0.804. The van der Waals surface area contributed by atoms with Crippen LogP contribution in [0.1, 0.15) is 11.1 Å². The van der Waals surface area contributed by atoms with Crippen molar-refractivity contribution in [1.82, 2.24) is 5.32 Å². The van der Waals surface area contributed by atoms with Crippen LogP contribution in [-0.4, -0.2) is 14.1 Å². The average molecular weight is 398 g/mol. The van der Waals surface area contributed by atoms with E-state index in [1.54, 1.807) is 0 Å². The fourth-order valence-corrected chi connectivity index (χ4v) is 3.04. The molecule has 0 fully saturated rings. The maximum atomic E-state index is 3.61. The summed E-state index contributed by atoms with van der Waals surface area (Å²) in [4.78, 5) is 2.28. The molecule has 0 amide bonds. The fraction of sp³-hybridized carbons (Fsp3) is 0.250. The van der Waals surface area contributed by atoms with E-state index in [4.69, 9.17) is 0 Å². The van der Waals surface area contributed by atoms with E-state index in [9.17, 15) is 0 Å². The largest absolute Gasteiger partial charge is 0.370 e. The van der Waals surface area contributed by atoms with Crippen LogP contribution >= 0.6 is 31.9 Å². The molecule has 0 saturated carbocycles. The van der Waals surface area contributed by atoms with E-state index in [2.05, 4.69) is 85.5 Å². The van der Waals surface area contributed by atoms with Gasteiger partial charge in [0.15, 0.2) is 0 Å². The molecule has 0 unspecified atom stereocenters. The highest BCUT2D eigenvalue weighted by atomic mass is 79.9. The first-order valence-corrected chi connectivity index (χ1v) is 8.08. The third-order valence-corrected chi connectivity index (χ3v) is 4.45. The Morgan fingerprint density at radius 2 is 1.80 bits per heavy atom. The van der Waals surface area contributed by atoms with Crippen LogP contribution in [0.25, 0.3) is 0 Å². The summed E-state index contributed by atoms with van der Waals surface area (Å²) in [6, 6.07) is 14.8. The van der Waals surface area contributed by atoms with Crippen LogP contribution in [0.2, 0.25) is 0 Å². The molecule has 2 rings (SSSR count). The van der Waals surface area contributed by atoms with Crippen LogP contribution in [-0.2, 0) is 13.1 Å². The number of nitrogens with one attached hydrogen (secondary N) is 1. The highest BCUT2D eigenvalue weighted by molar-refractivity contribution is 9.10. The lowest BCUT2D eigenvalue weighted by Crippen LogP contribution is -2.19. The van der Waals surface area contributed by atoms with Crippen LogP contribution in [0.15, 0.2) is 51.4 Å². The van der Waals surface area contributed by atoms with Crippen molar-refractivity contribution in [3.8, 4) is 0 Å². The van der Waals surface area contributed by atoms with Crippen molar-refractivity contribution in [2.75, 3.05) is 19.0 Å². The zero-order chi connectivity index (χ0) is 14.5. The number of anilines is 1. The van der Waals surface area contributed by atoms with Gasteiger partial charge in [0.25, 0.3) is 0 Å². The van der Waals surface area contributed by atoms with Gasteiger partial charge >= 0.3 is 0 Å². The van der Waals surface area contributed by atoms with Crippen LogP contribution in [0.4, 0.5) is 5.69 Å². The first-order chi connectivity index (χ1) is 9.61. The van der Waals surface area contributed by atoms with Crippen LogP contribution in [0.5, 0.6) is 0 Å². The minimum absolute atomic E-state index is 0.856. The molecule has 2 nitrogen and oxygen atoms in total. The Hall–Kier alpha value is -0.840. The molecule has 0 bridgehead atoms. The lowest BCUT2D eigenvalue weighted by atomic mass is 10.1. The van der Waals surface area contributed by atoms with Gasteiger partial charge in [-0.2, -0.15) is 0 Å². The molecule has 0 spiro atoms. The third-order valence-electron chi connectivity index (χ3n) is 3.19. The van der Waals surface area contributed by atoms with E-state index in [1.165, 1.54) is 16.8 Å². The average Bonchev–Trinajstić information content (AvgIpc) is 2.42. The number of nitrogens with zero attached hydrogens (tertiary/aromatic N) is 1. The summed E-state index contributed by atoms with van der Waals surface area (Å²) in [7, 11) is 4.10. The zero-order valence-electron chi connectivity index (χ0n) is 11.7. The van der Waals surface area contributed by atoms with E-state index in [0.29, 0.717) is 0 Å². The predicted octanol–water partition coefficient (Wildman–Crippen LogP) is 4.57. The molecule has 2 aromatic carbocycles. The molecule has 1 N–H and O–H groups in total. The number of hydrogen-bond donors (Lipinski definition) is 1. The molecule has 0 aliphatic carbocycles. The van der Waals surface area contributed by atoms with Crippen LogP contribution in [0.3, 0.4) is 0 Å². The molecule has 20 heavy (non-hydrogen) atoms. The molecular formula is C16H18Br2N2. The van der Waals surface area contributed by atoms with Crippen molar-refractivity contribution in [3.05, 3.63) is 62.5 Å². The van der Waals surface area contributed by atoms with E-state index in [1.807, 2.05) is 13.1 Å². The van der Waals surface area contributed by atoms with E-state index in [-0.39, 0.29) is 0 Å². The third kappa shape index (κ3) is 3.84. The summed E-state index contributed by atoms with van der Waals surface area (Å²) >= 11 is 7.15. The second kappa shape index (κ2) is 7.25. The van der Waals surface area contributed by atoms with Gasteiger partial charge < -0.3 is 10.2 Å². The molecule has 0 aromatic heterocycles. The Balaban J connectivity index is 2.25. The maximum Gasteiger partial charge on any atom is 0.0437 e. The highest BCUT2D eigenvalue weighted by Gasteiger charge is 2.09. The van der Waals surface area contributed by atoms with E-state index >= 15 is 0 Å². The standard InChI is InChI=1S/C16H18Br2N2/c1-19-10-13-9-14(17)7-8-16(13)20(2)11-12-5-3-4-6-15(12)18/h3-9,19H,10-11H2,1-2H3. The summed E-state index contributed by atoms with van der Waals surface area (Å²) in [5, 5.41) is 3.22. The van der Waals surface area contributed by atoms with Gasteiger partial charge in [-0.05, 0) is 42.4 Å². The minimum Gasteiger partial charge on any atom is -0.370 e. The second-order valence-electron chi connectivity index (χ2n) is 4.75. The quantitative estimate of drug-likeness (QED) is 0.794. The first-order valence-electron chi connectivity index (χ1n) is 6.49. The number of rotatable bonds is 5. The first kappa shape index (κ1) is 15.5. The molecule has 0 heterocycles. The predicted molar refractivity (Wildman–Crippen MR) is 93.2 cm³/mol. The fourth-order valence-electron chi connectivity index (χ4n) is 2.23. The van der Waals surface area contributed by atoms with Crippen LogP contribution in [0, 0.1) is 0 Å². The Morgan fingerprint density at radius 3 is 2.50 bits per heavy atom. The summed E-state index contributed by atoms with van der Waals surface area (Å²) in [6.07, 6.45) is 0. The topological polar surface area (TPSA) is 15.3 Å². The summed E-state index contributed by atoms with van der Waals surface area (Å²) in [6.45, 7) is 1.73. The van der Waals surface area contributed by atoms with Crippen molar-refractivity contribution in [1.29, 1.82) is 0 Å². The highest BCUT2D eigenvalue weighted by Crippen LogP contribution is 2.26. The van der Waals surface area contributed by atoms with Crippen molar-refractivity contribution >= 4 is 37.5 Å². The Morgan fingerprint density at radius 1 is 1.05 bits per heavy atom. The molecule has 0 saturated heterocycles. The monoisotopic (exact) mass is 396 g/mol. The minimum atomic E-state index is 0.856. The van der Waals surface area contributed by atoms with Crippen molar-refractivity contribution < 1.29 is 0 Å². The molecule has 106 valence electrons. The van der Waals surface area contributed by atoms with Crippen molar-refractivity contribution in [2.45, 2.75) is 13.1 Å². The summed E-state index contributed by atoms with van der Waals surface area (Å²) < 4.78 is 2.26.